The molecule has 0 heterocycles. The highest BCUT2D eigenvalue weighted by atomic mass is 16.6. The molecule has 0 rings (SSSR count). The first kappa shape index (κ1) is 58.3. The number of carbonyl (C=O) groups is 3. The monoisotopic (exact) mass is 861 g/mol. The highest BCUT2D eigenvalue weighted by Gasteiger charge is 2.19. The Bertz CT molecular complexity index is 1260. The molecule has 0 N–H and O–H groups in total. The van der Waals surface area contributed by atoms with E-state index in [1.165, 1.54) is 70.6 Å². The van der Waals surface area contributed by atoms with E-state index in [4.69, 9.17) is 14.2 Å². The molecular formula is C56H92O6. The predicted octanol–water partition coefficient (Wildman–Crippen LogP) is 16.6. The summed E-state index contributed by atoms with van der Waals surface area (Å²) in [6.45, 7) is 6.32. The zero-order valence-corrected chi connectivity index (χ0v) is 40.1. The van der Waals surface area contributed by atoms with Crippen LogP contribution >= 0.6 is 0 Å². The Morgan fingerprint density at radius 1 is 0.339 bits per heavy atom. The fourth-order valence-electron chi connectivity index (χ4n) is 6.61. The molecule has 352 valence electrons. The second-order valence-corrected chi connectivity index (χ2v) is 16.3. The van der Waals surface area contributed by atoms with Crippen LogP contribution in [0.3, 0.4) is 0 Å². The molecule has 0 amide bonds. The lowest BCUT2D eigenvalue weighted by Crippen LogP contribution is -2.30. The molecule has 0 spiro atoms. The van der Waals surface area contributed by atoms with Crippen LogP contribution in [-0.4, -0.2) is 37.2 Å². The quantitative estimate of drug-likeness (QED) is 0.0263. The van der Waals surface area contributed by atoms with Gasteiger partial charge in [-0.2, -0.15) is 0 Å². The van der Waals surface area contributed by atoms with Gasteiger partial charge in [-0.25, -0.2) is 0 Å². The van der Waals surface area contributed by atoms with Gasteiger partial charge in [0.05, 0.1) is 0 Å². The van der Waals surface area contributed by atoms with Gasteiger partial charge in [0.2, 0.25) is 0 Å². The lowest BCUT2D eigenvalue weighted by Gasteiger charge is -2.18. The van der Waals surface area contributed by atoms with Crippen molar-refractivity contribution in [3.8, 4) is 0 Å². The van der Waals surface area contributed by atoms with Gasteiger partial charge in [0.15, 0.2) is 6.10 Å². The van der Waals surface area contributed by atoms with Crippen LogP contribution in [0.25, 0.3) is 0 Å². The van der Waals surface area contributed by atoms with E-state index in [0.717, 1.165) is 103 Å². The molecule has 0 aromatic heterocycles. The average molecular weight is 861 g/mol. The van der Waals surface area contributed by atoms with Gasteiger partial charge in [-0.05, 0) is 89.9 Å². The smallest absolute Gasteiger partial charge is 0.306 e. The summed E-state index contributed by atoms with van der Waals surface area (Å²) in [5.74, 6) is -0.997. The van der Waals surface area contributed by atoms with Crippen LogP contribution in [0.15, 0.2) is 97.2 Å². The first-order chi connectivity index (χ1) is 30.5. The molecule has 0 aliphatic carbocycles. The minimum Gasteiger partial charge on any atom is -0.462 e. The summed E-state index contributed by atoms with van der Waals surface area (Å²) in [6.07, 6.45) is 65.4. The van der Waals surface area contributed by atoms with Gasteiger partial charge < -0.3 is 14.2 Å². The third kappa shape index (κ3) is 47.4. The second kappa shape index (κ2) is 50.0. The van der Waals surface area contributed by atoms with E-state index >= 15 is 0 Å². The van der Waals surface area contributed by atoms with Crippen molar-refractivity contribution in [3.05, 3.63) is 97.2 Å². The Kier molecular flexibility index (Phi) is 47.0. The topological polar surface area (TPSA) is 78.9 Å². The summed E-state index contributed by atoms with van der Waals surface area (Å²) >= 11 is 0. The predicted molar refractivity (Wildman–Crippen MR) is 265 cm³/mol. The molecule has 0 saturated carbocycles. The maximum absolute atomic E-state index is 12.8. The van der Waals surface area contributed by atoms with Crippen LogP contribution in [-0.2, 0) is 28.6 Å². The number of unbranched alkanes of at least 4 members (excludes halogenated alkanes) is 17. The van der Waals surface area contributed by atoms with E-state index in [2.05, 4.69) is 118 Å². The van der Waals surface area contributed by atoms with Crippen molar-refractivity contribution in [2.24, 2.45) is 0 Å². The maximum Gasteiger partial charge on any atom is 0.306 e. The summed E-state index contributed by atoms with van der Waals surface area (Å²) < 4.78 is 16.7. The molecule has 0 fully saturated rings. The Morgan fingerprint density at radius 2 is 0.645 bits per heavy atom. The van der Waals surface area contributed by atoms with Crippen molar-refractivity contribution in [1.29, 1.82) is 0 Å². The maximum atomic E-state index is 12.8. The van der Waals surface area contributed by atoms with Gasteiger partial charge in [-0.15, -0.1) is 0 Å². The van der Waals surface area contributed by atoms with Gasteiger partial charge in [-0.3, -0.25) is 14.4 Å². The van der Waals surface area contributed by atoms with Gasteiger partial charge in [0.1, 0.15) is 13.2 Å². The van der Waals surface area contributed by atoms with Gasteiger partial charge in [0, 0.05) is 19.3 Å². The summed E-state index contributed by atoms with van der Waals surface area (Å²) in [6, 6.07) is 0. The van der Waals surface area contributed by atoms with E-state index in [1.54, 1.807) is 0 Å². The van der Waals surface area contributed by atoms with E-state index in [1.807, 2.05) is 0 Å². The Labute approximate surface area is 381 Å². The minimum atomic E-state index is -0.809. The molecule has 6 nitrogen and oxygen atoms in total. The summed E-state index contributed by atoms with van der Waals surface area (Å²) in [4.78, 5) is 37.9. The van der Waals surface area contributed by atoms with Gasteiger partial charge >= 0.3 is 17.9 Å². The molecule has 0 saturated heterocycles. The van der Waals surface area contributed by atoms with E-state index in [0.29, 0.717) is 19.3 Å². The molecule has 0 radical (unpaired) electrons. The Morgan fingerprint density at radius 3 is 1.05 bits per heavy atom. The lowest BCUT2D eigenvalue weighted by molar-refractivity contribution is -0.167. The highest BCUT2D eigenvalue weighted by molar-refractivity contribution is 5.71. The van der Waals surface area contributed by atoms with E-state index in [-0.39, 0.29) is 37.5 Å². The zero-order valence-electron chi connectivity index (χ0n) is 40.1. The fourth-order valence-corrected chi connectivity index (χ4v) is 6.61. The van der Waals surface area contributed by atoms with Crippen molar-refractivity contribution in [2.75, 3.05) is 13.2 Å². The molecule has 0 aliphatic heterocycles. The van der Waals surface area contributed by atoms with Gasteiger partial charge in [-0.1, -0.05) is 208 Å². The van der Waals surface area contributed by atoms with Crippen LogP contribution in [0.5, 0.6) is 0 Å². The molecule has 0 aliphatic rings. The normalized spacial score (nSPS) is 12.9. The first-order valence-electron chi connectivity index (χ1n) is 25.2. The minimum absolute atomic E-state index is 0.110. The molecule has 0 aromatic carbocycles. The van der Waals surface area contributed by atoms with Crippen molar-refractivity contribution >= 4 is 17.9 Å². The average Bonchev–Trinajstić information content (AvgIpc) is 3.27. The zero-order chi connectivity index (χ0) is 45.1. The third-order valence-electron chi connectivity index (χ3n) is 10.3. The number of hydrogen-bond donors (Lipinski definition) is 0. The van der Waals surface area contributed by atoms with Gasteiger partial charge in [0.25, 0.3) is 0 Å². The number of hydrogen-bond acceptors (Lipinski definition) is 6. The molecular weight excluding hydrogens is 769 g/mol. The SMILES string of the molecule is CC/C=C\C/C=C\C/C=C\C/C=C\C/C=C\CCCCCC(=O)OCC(COC(=O)CCC/C=C\C/C=C\C/C=C\CC)OC(=O)CCCCCCCCCCCCCCCC. The summed E-state index contributed by atoms with van der Waals surface area (Å²) in [5.41, 5.74) is 0. The summed E-state index contributed by atoms with van der Waals surface area (Å²) in [7, 11) is 0. The van der Waals surface area contributed by atoms with Crippen molar-refractivity contribution in [2.45, 2.75) is 226 Å². The van der Waals surface area contributed by atoms with Crippen molar-refractivity contribution in [3.63, 3.8) is 0 Å². The third-order valence-corrected chi connectivity index (χ3v) is 10.3. The highest BCUT2D eigenvalue weighted by Crippen LogP contribution is 2.14. The second-order valence-electron chi connectivity index (χ2n) is 16.3. The first-order valence-corrected chi connectivity index (χ1v) is 25.2. The van der Waals surface area contributed by atoms with Crippen molar-refractivity contribution in [1.82, 2.24) is 0 Å². The molecule has 62 heavy (non-hydrogen) atoms. The fraction of sp³-hybridized carbons (Fsp3) is 0.661. The standard InChI is InChI=1S/C56H92O6/c1-4-7-10-13-16-19-22-24-26-27-28-29-30-32-34-37-40-43-46-49-55(58)61-52-53(51-60-54(57)48-45-42-39-36-33-21-18-15-12-9-6-3)62-56(59)50-47-44-41-38-35-31-25-23-20-17-14-11-8-5-2/h7,9-10,12,16,18-19,21,24,26,28-29,32,34,36,39,53H,4-6,8,11,13-15,17,20,22-23,25,27,30-31,33,35,37-38,40-52H2,1-3H3/b10-7-,12-9-,19-16-,21-18-,26-24-,29-28-,34-32-,39-36-. The number of carbonyl (C=O) groups excluding carboxylic acids is 3. The number of esters is 3. The molecule has 1 unspecified atom stereocenters. The van der Waals surface area contributed by atoms with Crippen molar-refractivity contribution < 1.29 is 28.6 Å². The van der Waals surface area contributed by atoms with Crippen LogP contribution in [0.1, 0.15) is 220 Å². The molecule has 0 bridgehead atoms. The molecule has 0 aromatic rings. The Hall–Kier alpha value is -3.67. The van der Waals surface area contributed by atoms with Crippen LogP contribution in [0, 0.1) is 0 Å². The molecule has 1 atom stereocenters. The number of ether oxygens (including phenoxy) is 3. The molecule has 6 heteroatoms. The van der Waals surface area contributed by atoms with E-state index in [9.17, 15) is 14.4 Å². The Balaban J connectivity index is 4.47. The van der Waals surface area contributed by atoms with E-state index < -0.39 is 6.10 Å². The number of allylic oxidation sites excluding steroid dienone is 16. The van der Waals surface area contributed by atoms with Crippen LogP contribution in [0.4, 0.5) is 0 Å². The number of rotatable bonds is 44. The largest absolute Gasteiger partial charge is 0.462 e. The lowest BCUT2D eigenvalue weighted by atomic mass is 10.0. The van der Waals surface area contributed by atoms with Crippen LogP contribution in [0.2, 0.25) is 0 Å². The summed E-state index contributed by atoms with van der Waals surface area (Å²) in [5, 5.41) is 0. The van der Waals surface area contributed by atoms with Crippen LogP contribution < -0.4 is 0 Å².